The summed E-state index contributed by atoms with van der Waals surface area (Å²) in [5.74, 6) is 0.121. The fraction of sp³-hybridized carbons (Fsp3) is 0.714. The number of nitrogens with two attached hydrogens (primary N) is 1. The lowest BCUT2D eigenvalue weighted by molar-refractivity contribution is -0.121. The number of unbranched alkanes of at least 4 members (excludes halogenated alkanes) is 3. The maximum absolute atomic E-state index is 11.7. The zero-order chi connectivity index (χ0) is 14.3. The fourth-order valence-corrected chi connectivity index (χ4v) is 2.13. The van der Waals surface area contributed by atoms with E-state index >= 15 is 0 Å². The van der Waals surface area contributed by atoms with E-state index in [1.807, 2.05) is 25.6 Å². The molecule has 0 saturated carbocycles. The fourth-order valence-electron chi connectivity index (χ4n) is 2.13. The highest BCUT2D eigenvalue weighted by atomic mass is 16.1. The van der Waals surface area contributed by atoms with Gasteiger partial charge in [0, 0.05) is 31.3 Å². The maximum atomic E-state index is 11.7. The second kappa shape index (κ2) is 7.94. The highest BCUT2D eigenvalue weighted by Crippen LogP contribution is 2.11. The number of amides is 1. The Morgan fingerprint density at radius 2 is 1.95 bits per heavy atom. The maximum Gasteiger partial charge on any atom is 0.220 e. The average Bonchev–Trinajstić information content (AvgIpc) is 2.61. The van der Waals surface area contributed by atoms with Gasteiger partial charge in [0.15, 0.2) is 0 Å². The minimum absolute atomic E-state index is 0.121. The molecule has 5 nitrogen and oxygen atoms in total. The third kappa shape index (κ3) is 5.03. The van der Waals surface area contributed by atoms with Crippen LogP contribution in [0.2, 0.25) is 0 Å². The van der Waals surface area contributed by atoms with Crippen molar-refractivity contribution in [2.45, 2.75) is 52.5 Å². The van der Waals surface area contributed by atoms with E-state index in [2.05, 4.69) is 10.4 Å². The number of carbonyl (C=O) groups is 1. The molecule has 0 radical (unpaired) electrons. The summed E-state index contributed by atoms with van der Waals surface area (Å²) < 4.78 is 1.85. The van der Waals surface area contributed by atoms with E-state index in [0.717, 1.165) is 49.2 Å². The molecule has 0 saturated heterocycles. The van der Waals surface area contributed by atoms with Crippen molar-refractivity contribution in [2.24, 2.45) is 12.8 Å². The predicted octanol–water partition coefficient (Wildman–Crippen LogP) is 1.56. The molecule has 0 unspecified atom stereocenters. The number of aromatic nitrogens is 2. The van der Waals surface area contributed by atoms with Gasteiger partial charge in [0.25, 0.3) is 0 Å². The summed E-state index contributed by atoms with van der Waals surface area (Å²) in [6.07, 6.45) is 4.79. The summed E-state index contributed by atoms with van der Waals surface area (Å²) in [5.41, 5.74) is 8.65. The third-order valence-electron chi connectivity index (χ3n) is 3.48. The van der Waals surface area contributed by atoms with Crippen LogP contribution in [0, 0.1) is 13.8 Å². The van der Waals surface area contributed by atoms with Gasteiger partial charge in [0.05, 0.1) is 5.69 Å². The summed E-state index contributed by atoms with van der Waals surface area (Å²) in [7, 11) is 1.92. The van der Waals surface area contributed by atoms with Crippen LogP contribution in [0.15, 0.2) is 0 Å². The molecule has 1 aromatic heterocycles. The van der Waals surface area contributed by atoms with Crippen LogP contribution in [-0.4, -0.2) is 22.2 Å². The Morgan fingerprint density at radius 3 is 2.53 bits per heavy atom. The summed E-state index contributed by atoms with van der Waals surface area (Å²) in [6, 6.07) is 0. The minimum Gasteiger partial charge on any atom is -0.352 e. The van der Waals surface area contributed by atoms with Crippen LogP contribution in [-0.2, 0) is 18.4 Å². The number of aryl methyl sites for hydroxylation is 2. The van der Waals surface area contributed by atoms with E-state index in [0.29, 0.717) is 13.0 Å². The van der Waals surface area contributed by atoms with Crippen molar-refractivity contribution in [3.63, 3.8) is 0 Å². The Balaban J connectivity index is 2.26. The molecule has 5 heteroatoms. The van der Waals surface area contributed by atoms with Gasteiger partial charge in [-0.3, -0.25) is 9.48 Å². The molecule has 1 heterocycles. The van der Waals surface area contributed by atoms with Crippen LogP contribution in [0.4, 0.5) is 0 Å². The van der Waals surface area contributed by atoms with E-state index < -0.39 is 0 Å². The van der Waals surface area contributed by atoms with Crippen LogP contribution in [0.5, 0.6) is 0 Å². The molecule has 0 aliphatic heterocycles. The first kappa shape index (κ1) is 15.7. The van der Waals surface area contributed by atoms with Crippen LogP contribution in [0.3, 0.4) is 0 Å². The lowest BCUT2D eigenvalue weighted by atomic mass is 10.1. The van der Waals surface area contributed by atoms with E-state index in [1.54, 1.807) is 0 Å². The predicted molar refractivity (Wildman–Crippen MR) is 76.7 cm³/mol. The van der Waals surface area contributed by atoms with Crippen molar-refractivity contribution in [3.05, 3.63) is 17.0 Å². The number of rotatable bonds is 8. The van der Waals surface area contributed by atoms with Gasteiger partial charge in [-0.05, 0) is 33.2 Å². The monoisotopic (exact) mass is 266 g/mol. The number of hydrogen-bond donors (Lipinski definition) is 2. The molecule has 0 bridgehead atoms. The molecular weight excluding hydrogens is 240 g/mol. The second-order valence-corrected chi connectivity index (χ2v) is 5.00. The molecule has 108 valence electrons. The van der Waals surface area contributed by atoms with Gasteiger partial charge >= 0.3 is 0 Å². The number of carbonyl (C=O) groups excluding carboxylic acids is 1. The van der Waals surface area contributed by atoms with Crippen molar-refractivity contribution >= 4 is 5.91 Å². The Morgan fingerprint density at radius 1 is 1.26 bits per heavy atom. The first-order chi connectivity index (χ1) is 9.06. The van der Waals surface area contributed by atoms with Gasteiger partial charge in [0.1, 0.15) is 0 Å². The summed E-state index contributed by atoms with van der Waals surface area (Å²) in [6.45, 7) is 5.31. The minimum atomic E-state index is 0.121. The summed E-state index contributed by atoms with van der Waals surface area (Å²) >= 11 is 0. The quantitative estimate of drug-likeness (QED) is 0.701. The first-order valence-corrected chi connectivity index (χ1v) is 7.02. The highest BCUT2D eigenvalue weighted by molar-refractivity contribution is 5.75. The normalized spacial score (nSPS) is 10.7. The van der Waals surface area contributed by atoms with Crippen LogP contribution in [0.1, 0.15) is 49.1 Å². The Bertz CT molecular complexity index is 412. The van der Waals surface area contributed by atoms with Gasteiger partial charge in [-0.25, -0.2) is 0 Å². The molecule has 0 aliphatic carbocycles. The lowest BCUT2D eigenvalue weighted by Gasteiger charge is -2.06. The largest absolute Gasteiger partial charge is 0.352 e. The van der Waals surface area contributed by atoms with Gasteiger partial charge in [-0.2, -0.15) is 5.10 Å². The smallest absolute Gasteiger partial charge is 0.220 e. The van der Waals surface area contributed by atoms with E-state index in [9.17, 15) is 4.79 Å². The zero-order valence-corrected chi connectivity index (χ0v) is 12.3. The molecule has 0 atom stereocenters. The topological polar surface area (TPSA) is 72.9 Å². The molecular formula is C14H26N4O. The van der Waals surface area contributed by atoms with Crippen molar-refractivity contribution in [1.29, 1.82) is 0 Å². The number of hydrogen-bond acceptors (Lipinski definition) is 3. The summed E-state index contributed by atoms with van der Waals surface area (Å²) in [5, 5.41) is 7.31. The van der Waals surface area contributed by atoms with Gasteiger partial charge in [-0.1, -0.05) is 12.8 Å². The molecule has 19 heavy (non-hydrogen) atoms. The van der Waals surface area contributed by atoms with E-state index in [1.165, 1.54) is 0 Å². The van der Waals surface area contributed by atoms with Crippen molar-refractivity contribution < 1.29 is 4.79 Å². The van der Waals surface area contributed by atoms with Crippen molar-refractivity contribution in [3.8, 4) is 0 Å². The lowest BCUT2D eigenvalue weighted by Crippen LogP contribution is -2.23. The van der Waals surface area contributed by atoms with E-state index in [4.69, 9.17) is 5.73 Å². The Labute approximate surface area is 115 Å². The van der Waals surface area contributed by atoms with Crippen LogP contribution < -0.4 is 11.1 Å². The SMILES string of the molecule is Cc1nn(C)c(C)c1CNC(=O)CCCCCCN. The molecule has 1 rings (SSSR count). The Kier molecular flexibility index (Phi) is 6.56. The van der Waals surface area contributed by atoms with Crippen LogP contribution >= 0.6 is 0 Å². The second-order valence-electron chi connectivity index (χ2n) is 5.00. The highest BCUT2D eigenvalue weighted by Gasteiger charge is 2.10. The van der Waals surface area contributed by atoms with Crippen LogP contribution in [0.25, 0.3) is 0 Å². The zero-order valence-electron chi connectivity index (χ0n) is 12.3. The first-order valence-electron chi connectivity index (χ1n) is 7.02. The van der Waals surface area contributed by atoms with Gasteiger partial charge < -0.3 is 11.1 Å². The summed E-state index contributed by atoms with van der Waals surface area (Å²) in [4.78, 5) is 11.7. The third-order valence-corrected chi connectivity index (χ3v) is 3.48. The molecule has 0 aliphatic rings. The average molecular weight is 266 g/mol. The molecule has 1 aromatic rings. The molecule has 0 aromatic carbocycles. The molecule has 0 fully saturated rings. The number of nitrogens with one attached hydrogen (secondary N) is 1. The standard InChI is InChI=1S/C14H26N4O/c1-11-13(12(2)18(3)17-11)10-16-14(19)8-6-4-5-7-9-15/h4-10,15H2,1-3H3,(H,16,19). The van der Waals surface area contributed by atoms with Gasteiger partial charge in [0.2, 0.25) is 5.91 Å². The molecule has 1 amide bonds. The van der Waals surface area contributed by atoms with Gasteiger partial charge in [-0.15, -0.1) is 0 Å². The molecule has 0 spiro atoms. The van der Waals surface area contributed by atoms with E-state index in [-0.39, 0.29) is 5.91 Å². The Hall–Kier alpha value is -1.36. The molecule has 3 N–H and O–H groups in total. The van der Waals surface area contributed by atoms with Crippen molar-refractivity contribution in [1.82, 2.24) is 15.1 Å². The number of nitrogens with zero attached hydrogens (tertiary/aromatic N) is 2. The van der Waals surface area contributed by atoms with Crippen molar-refractivity contribution in [2.75, 3.05) is 6.54 Å².